The number of methoxy groups -OCH3 is 1. The lowest BCUT2D eigenvalue weighted by molar-refractivity contribution is -0.115. The zero-order valence-electron chi connectivity index (χ0n) is 12.9. The molecule has 2 N–H and O–H groups in total. The number of hydrogen-bond acceptors (Lipinski definition) is 4. The van der Waals surface area contributed by atoms with Crippen molar-refractivity contribution in [2.75, 3.05) is 24.3 Å². The number of amides is 1. The molecule has 5 nitrogen and oxygen atoms in total. The highest BCUT2D eigenvalue weighted by Gasteiger charge is 2.07. The second-order valence-electron chi connectivity index (χ2n) is 4.92. The number of nitrogens with one attached hydrogen (secondary N) is 2. The highest BCUT2D eigenvalue weighted by atomic mass is 35.5. The summed E-state index contributed by atoms with van der Waals surface area (Å²) in [4.78, 5) is 23.2. The SMILES string of the molecule is COC(=O)c1ccc(NC(=O)CCNc2ccc(F)c(Cl)c2)cc1. The Bertz CT molecular complexity index is 735. The van der Waals surface area contributed by atoms with Crippen molar-refractivity contribution in [3.8, 4) is 0 Å². The van der Waals surface area contributed by atoms with Gasteiger partial charge in [-0.3, -0.25) is 4.79 Å². The van der Waals surface area contributed by atoms with Crippen molar-refractivity contribution in [1.29, 1.82) is 0 Å². The molecule has 0 unspecified atom stereocenters. The van der Waals surface area contributed by atoms with Crippen LogP contribution in [0.25, 0.3) is 0 Å². The number of halogens is 2. The second-order valence-corrected chi connectivity index (χ2v) is 5.33. The van der Waals surface area contributed by atoms with Gasteiger partial charge in [0.1, 0.15) is 5.82 Å². The lowest BCUT2D eigenvalue weighted by Gasteiger charge is -2.08. The Hall–Kier alpha value is -2.60. The molecule has 0 aliphatic rings. The fraction of sp³-hybridized carbons (Fsp3) is 0.176. The lowest BCUT2D eigenvalue weighted by atomic mass is 10.2. The van der Waals surface area contributed by atoms with Gasteiger partial charge in [-0.15, -0.1) is 0 Å². The smallest absolute Gasteiger partial charge is 0.337 e. The van der Waals surface area contributed by atoms with Crippen molar-refractivity contribution in [2.24, 2.45) is 0 Å². The maximum atomic E-state index is 13.0. The van der Waals surface area contributed by atoms with Gasteiger partial charge in [-0.2, -0.15) is 0 Å². The first kappa shape index (κ1) is 17.7. The van der Waals surface area contributed by atoms with E-state index in [0.717, 1.165) is 0 Å². The van der Waals surface area contributed by atoms with Crippen LogP contribution in [0.4, 0.5) is 15.8 Å². The molecule has 0 spiro atoms. The van der Waals surface area contributed by atoms with Crippen molar-refractivity contribution in [3.05, 3.63) is 58.9 Å². The van der Waals surface area contributed by atoms with Crippen LogP contribution in [0.2, 0.25) is 5.02 Å². The molecule has 0 radical (unpaired) electrons. The molecule has 0 heterocycles. The standard InChI is InChI=1S/C17H16ClFN2O3/c1-24-17(23)11-2-4-12(5-3-11)21-16(22)8-9-20-13-6-7-15(19)14(18)10-13/h2-7,10,20H,8-9H2,1H3,(H,21,22). The number of hydrogen-bond donors (Lipinski definition) is 2. The molecule has 0 aliphatic carbocycles. The third-order valence-corrected chi connectivity index (χ3v) is 3.48. The van der Waals surface area contributed by atoms with Crippen molar-refractivity contribution < 1.29 is 18.7 Å². The first-order chi connectivity index (χ1) is 11.5. The van der Waals surface area contributed by atoms with Gasteiger partial charge in [0.25, 0.3) is 0 Å². The fourth-order valence-electron chi connectivity index (χ4n) is 1.96. The van der Waals surface area contributed by atoms with Crippen LogP contribution in [0, 0.1) is 5.82 Å². The predicted molar refractivity (Wildman–Crippen MR) is 90.9 cm³/mol. The lowest BCUT2D eigenvalue weighted by Crippen LogP contribution is -2.16. The zero-order valence-corrected chi connectivity index (χ0v) is 13.7. The third-order valence-electron chi connectivity index (χ3n) is 3.19. The molecule has 0 saturated heterocycles. The summed E-state index contributed by atoms with van der Waals surface area (Å²) >= 11 is 5.68. The molecule has 0 bridgehead atoms. The summed E-state index contributed by atoms with van der Waals surface area (Å²) in [6.07, 6.45) is 0.216. The van der Waals surface area contributed by atoms with Crippen molar-refractivity contribution in [2.45, 2.75) is 6.42 Å². The fourth-order valence-corrected chi connectivity index (χ4v) is 2.14. The Morgan fingerprint density at radius 1 is 1.12 bits per heavy atom. The van der Waals surface area contributed by atoms with E-state index in [1.54, 1.807) is 30.3 Å². The Balaban J connectivity index is 1.80. The van der Waals surface area contributed by atoms with Crippen LogP contribution >= 0.6 is 11.6 Å². The van der Waals surface area contributed by atoms with E-state index < -0.39 is 11.8 Å². The molecule has 1 amide bonds. The molecule has 7 heteroatoms. The average molecular weight is 351 g/mol. The van der Waals surface area contributed by atoms with Crippen LogP contribution in [0.5, 0.6) is 0 Å². The third kappa shape index (κ3) is 4.96. The molecule has 2 aromatic rings. The molecule has 126 valence electrons. The van der Waals surface area contributed by atoms with Gasteiger partial charge in [0.2, 0.25) is 5.91 Å². The van der Waals surface area contributed by atoms with Gasteiger partial charge in [0.15, 0.2) is 0 Å². The molecule has 0 aliphatic heterocycles. The number of ether oxygens (including phenoxy) is 1. The molecule has 2 rings (SSSR count). The minimum Gasteiger partial charge on any atom is -0.465 e. The number of benzene rings is 2. The van der Waals surface area contributed by atoms with Crippen LogP contribution < -0.4 is 10.6 Å². The van der Waals surface area contributed by atoms with Crippen molar-refractivity contribution >= 4 is 34.9 Å². The maximum Gasteiger partial charge on any atom is 0.337 e. The van der Waals surface area contributed by atoms with Crippen LogP contribution in [-0.2, 0) is 9.53 Å². The van der Waals surface area contributed by atoms with Crippen molar-refractivity contribution in [3.63, 3.8) is 0 Å². The van der Waals surface area contributed by atoms with E-state index in [0.29, 0.717) is 23.5 Å². The highest BCUT2D eigenvalue weighted by Crippen LogP contribution is 2.19. The molecule has 0 saturated carbocycles. The van der Waals surface area contributed by atoms with Gasteiger partial charge >= 0.3 is 5.97 Å². The first-order valence-electron chi connectivity index (χ1n) is 7.17. The van der Waals surface area contributed by atoms with E-state index in [2.05, 4.69) is 15.4 Å². The van der Waals surface area contributed by atoms with E-state index in [4.69, 9.17) is 11.6 Å². The van der Waals surface area contributed by atoms with Crippen LogP contribution in [0.15, 0.2) is 42.5 Å². The quantitative estimate of drug-likeness (QED) is 0.779. The average Bonchev–Trinajstić information content (AvgIpc) is 2.58. The van der Waals surface area contributed by atoms with Gasteiger partial charge in [-0.1, -0.05) is 11.6 Å². The monoisotopic (exact) mass is 350 g/mol. The molecule has 0 atom stereocenters. The summed E-state index contributed by atoms with van der Waals surface area (Å²) in [5.74, 6) is -1.12. The van der Waals surface area contributed by atoms with Crippen LogP contribution in [-0.4, -0.2) is 25.5 Å². The summed E-state index contributed by atoms with van der Waals surface area (Å²) in [6, 6.07) is 10.6. The van der Waals surface area contributed by atoms with Gasteiger partial charge in [0.05, 0.1) is 17.7 Å². The van der Waals surface area contributed by atoms with E-state index in [9.17, 15) is 14.0 Å². The Morgan fingerprint density at radius 2 is 1.79 bits per heavy atom. The summed E-state index contributed by atoms with van der Waals surface area (Å²) in [5, 5.41) is 5.73. The summed E-state index contributed by atoms with van der Waals surface area (Å²) in [6.45, 7) is 0.369. The van der Waals surface area contributed by atoms with E-state index in [1.807, 2.05) is 0 Å². The summed E-state index contributed by atoms with van der Waals surface area (Å²) in [5.41, 5.74) is 1.62. The second kappa shape index (κ2) is 8.31. The van der Waals surface area contributed by atoms with Crippen LogP contribution in [0.1, 0.15) is 16.8 Å². The summed E-state index contributed by atoms with van der Waals surface area (Å²) < 4.78 is 17.6. The first-order valence-corrected chi connectivity index (χ1v) is 7.54. The number of esters is 1. The minimum absolute atomic E-state index is 0.0233. The Morgan fingerprint density at radius 3 is 2.42 bits per heavy atom. The highest BCUT2D eigenvalue weighted by molar-refractivity contribution is 6.31. The van der Waals surface area contributed by atoms with E-state index in [-0.39, 0.29) is 17.4 Å². The number of carbonyl (C=O) groups is 2. The molecular formula is C17H16ClFN2O3. The topological polar surface area (TPSA) is 67.4 Å². The largest absolute Gasteiger partial charge is 0.465 e. The molecule has 24 heavy (non-hydrogen) atoms. The maximum absolute atomic E-state index is 13.0. The number of carbonyl (C=O) groups excluding carboxylic acids is 2. The van der Waals surface area contributed by atoms with E-state index in [1.165, 1.54) is 19.2 Å². The Labute approximate surface area is 143 Å². The van der Waals surface area contributed by atoms with Gasteiger partial charge in [-0.25, -0.2) is 9.18 Å². The number of anilines is 2. The van der Waals surface area contributed by atoms with Crippen molar-refractivity contribution in [1.82, 2.24) is 0 Å². The zero-order chi connectivity index (χ0) is 17.5. The molecule has 2 aromatic carbocycles. The van der Waals surface area contributed by atoms with E-state index >= 15 is 0 Å². The number of rotatable bonds is 6. The Kier molecular flexibility index (Phi) is 6.14. The predicted octanol–water partition coefficient (Wildman–Crippen LogP) is 3.71. The molecule has 0 aromatic heterocycles. The van der Waals surface area contributed by atoms with Crippen LogP contribution in [0.3, 0.4) is 0 Å². The molecule has 0 fully saturated rings. The minimum atomic E-state index is -0.490. The summed E-state index contributed by atoms with van der Waals surface area (Å²) in [7, 11) is 1.30. The molecular weight excluding hydrogens is 335 g/mol. The van der Waals surface area contributed by atoms with Gasteiger partial charge < -0.3 is 15.4 Å². The normalized spacial score (nSPS) is 10.1. The van der Waals surface area contributed by atoms with Gasteiger partial charge in [-0.05, 0) is 42.5 Å². The van der Waals surface area contributed by atoms with Gasteiger partial charge in [0, 0.05) is 24.3 Å².